The van der Waals surface area contributed by atoms with Crippen LogP contribution in [0, 0.1) is 0 Å². The first-order valence-electron chi connectivity index (χ1n) is 9.99. The van der Waals surface area contributed by atoms with Crippen molar-refractivity contribution in [2.24, 2.45) is 5.10 Å². The number of nitrogens with one attached hydrogen (secondary N) is 1. The monoisotopic (exact) mass is 423 g/mol. The molecule has 0 radical (unpaired) electrons. The van der Waals surface area contributed by atoms with Crippen molar-refractivity contribution in [3.8, 4) is 5.75 Å². The summed E-state index contributed by atoms with van der Waals surface area (Å²) in [7, 11) is 0. The molecule has 0 aromatic heterocycles. The number of carbonyl (C=O) groups excluding carboxylic acids is 3. The molecule has 0 fully saturated rings. The van der Waals surface area contributed by atoms with Gasteiger partial charge in [0.2, 0.25) is 0 Å². The first-order chi connectivity index (χ1) is 15.6. The smallest absolute Gasteiger partial charge is 0.409 e. The Morgan fingerprint density at radius 2 is 1.66 bits per heavy atom. The first-order valence-corrected chi connectivity index (χ1v) is 9.99. The molecule has 0 unspecified atom stereocenters. The lowest BCUT2D eigenvalue weighted by molar-refractivity contribution is 0.0893. The number of imide groups is 1. The quantitative estimate of drug-likeness (QED) is 0.377. The van der Waals surface area contributed by atoms with E-state index in [4.69, 9.17) is 4.74 Å². The summed E-state index contributed by atoms with van der Waals surface area (Å²) in [5.74, 6) is -0.533. The van der Waals surface area contributed by atoms with Gasteiger partial charge in [-0.2, -0.15) is 5.10 Å². The Kier molecular flexibility index (Phi) is 4.84. The zero-order valence-electron chi connectivity index (χ0n) is 16.8. The van der Waals surface area contributed by atoms with Gasteiger partial charge in [0.25, 0.3) is 11.8 Å². The topological polar surface area (TPSA) is 88.1 Å². The second kappa shape index (κ2) is 7.96. The van der Waals surface area contributed by atoms with E-state index in [-0.39, 0.29) is 5.75 Å². The van der Waals surface area contributed by atoms with Gasteiger partial charge in [0.1, 0.15) is 5.75 Å². The standard InChI is InChI=1S/C25H17N3O4/c29-23-20-9-3-7-17-8-4-10-21(22(17)20)24(30)28(23)18-11-13-19(14-12-18)32-25(31)27-26-15-16-5-1-2-6-16/h1-5,7-15H,6H2,(H,27,31)/b26-15+. The molecule has 1 aliphatic heterocycles. The van der Waals surface area contributed by atoms with E-state index < -0.39 is 17.9 Å². The van der Waals surface area contributed by atoms with Crippen LogP contribution in [0.15, 0.2) is 89.6 Å². The van der Waals surface area contributed by atoms with Crippen LogP contribution in [0.2, 0.25) is 0 Å². The van der Waals surface area contributed by atoms with E-state index >= 15 is 0 Å². The van der Waals surface area contributed by atoms with Crippen molar-refractivity contribution in [1.29, 1.82) is 0 Å². The molecule has 5 rings (SSSR count). The number of rotatable bonds is 4. The summed E-state index contributed by atoms with van der Waals surface area (Å²) >= 11 is 0. The average Bonchev–Trinajstić information content (AvgIpc) is 3.32. The molecule has 1 heterocycles. The minimum Gasteiger partial charge on any atom is -0.409 e. The summed E-state index contributed by atoms with van der Waals surface area (Å²) in [4.78, 5) is 39.2. The third-order valence-corrected chi connectivity index (χ3v) is 5.26. The van der Waals surface area contributed by atoms with Gasteiger partial charge in [-0.15, -0.1) is 0 Å². The average molecular weight is 423 g/mol. The lowest BCUT2D eigenvalue weighted by Crippen LogP contribution is -2.40. The van der Waals surface area contributed by atoms with Gasteiger partial charge in [-0.1, -0.05) is 42.5 Å². The maximum absolute atomic E-state index is 13.1. The molecule has 3 aromatic carbocycles. The summed E-state index contributed by atoms with van der Waals surface area (Å²) in [6, 6.07) is 16.9. The minimum atomic E-state index is -0.744. The highest BCUT2D eigenvalue weighted by Gasteiger charge is 2.33. The predicted octanol–water partition coefficient (Wildman–Crippen LogP) is 4.60. The second-order valence-electron chi connectivity index (χ2n) is 7.28. The number of amides is 3. The Morgan fingerprint density at radius 3 is 2.28 bits per heavy atom. The number of anilines is 1. The van der Waals surface area contributed by atoms with E-state index in [9.17, 15) is 14.4 Å². The summed E-state index contributed by atoms with van der Waals surface area (Å²) in [6.07, 6.45) is 7.38. The third kappa shape index (κ3) is 3.45. The molecule has 32 heavy (non-hydrogen) atoms. The minimum absolute atomic E-state index is 0.252. The van der Waals surface area contributed by atoms with Gasteiger partial charge >= 0.3 is 6.09 Å². The van der Waals surface area contributed by atoms with Crippen LogP contribution in [-0.2, 0) is 0 Å². The maximum atomic E-state index is 13.1. The van der Waals surface area contributed by atoms with Crippen molar-refractivity contribution in [2.45, 2.75) is 6.42 Å². The first kappa shape index (κ1) is 19.4. The summed E-state index contributed by atoms with van der Waals surface area (Å²) < 4.78 is 5.19. The fraction of sp³-hybridized carbons (Fsp3) is 0.0400. The van der Waals surface area contributed by atoms with Crippen LogP contribution in [0.5, 0.6) is 5.75 Å². The number of hydrazone groups is 1. The van der Waals surface area contributed by atoms with Crippen molar-refractivity contribution >= 4 is 40.6 Å². The Bertz CT molecular complexity index is 1300. The Labute approximate surface area is 183 Å². The fourth-order valence-electron chi connectivity index (χ4n) is 3.79. The van der Waals surface area contributed by atoms with Crippen LogP contribution >= 0.6 is 0 Å². The second-order valence-corrected chi connectivity index (χ2v) is 7.28. The Morgan fingerprint density at radius 1 is 0.969 bits per heavy atom. The zero-order chi connectivity index (χ0) is 22.1. The molecule has 1 N–H and O–H groups in total. The van der Waals surface area contributed by atoms with Gasteiger partial charge in [0.05, 0.1) is 11.9 Å². The predicted molar refractivity (Wildman–Crippen MR) is 121 cm³/mol. The van der Waals surface area contributed by atoms with E-state index in [2.05, 4.69) is 10.5 Å². The van der Waals surface area contributed by atoms with E-state index in [1.807, 2.05) is 30.4 Å². The van der Waals surface area contributed by atoms with Crippen molar-refractivity contribution < 1.29 is 19.1 Å². The molecule has 3 amide bonds. The highest BCUT2D eigenvalue weighted by atomic mass is 16.6. The van der Waals surface area contributed by atoms with Gasteiger partial charge in [0.15, 0.2) is 0 Å². The van der Waals surface area contributed by atoms with E-state index in [1.165, 1.54) is 12.1 Å². The number of allylic oxidation sites excluding steroid dienone is 4. The molecule has 7 heteroatoms. The number of benzene rings is 3. The third-order valence-electron chi connectivity index (χ3n) is 5.26. The number of carbonyl (C=O) groups is 3. The molecule has 0 bridgehead atoms. The summed E-state index contributed by atoms with van der Waals surface area (Å²) in [5, 5.41) is 5.36. The van der Waals surface area contributed by atoms with Gasteiger partial charge in [0, 0.05) is 16.5 Å². The molecule has 2 aliphatic rings. The molecule has 1 aliphatic carbocycles. The van der Waals surface area contributed by atoms with Crippen molar-refractivity contribution in [1.82, 2.24) is 5.43 Å². The lowest BCUT2D eigenvalue weighted by atomic mass is 9.94. The molecule has 0 atom stereocenters. The van der Waals surface area contributed by atoms with Crippen LogP contribution < -0.4 is 15.1 Å². The van der Waals surface area contributed by atoms with Crippen molar-refractivity contribution in [2.75, 3.05) is 4.90 Å². The van der Waals surface area contributed by atoms with Gasteiger partial charge in [-0.3, -0.25) is 9.59 Å². The molecule has 0 spiro atoms. The zero-order valence-corrected chi connectivity index (χ0v) is 16.8. The van der Waals surface area contributed by atoms with E-state index in [0.717, 1.165) is 22.3 Å². The van der Waals surface area contributed by atoms with Crippen molar-refractivity contribution in [3.05, 3.63) is 95.6 Å². The number of hydrogen-bond donors (Lipinski definition) is 1. The van der Waals surface area contributed by atoms with Crippen LogP contribution in [0.1, 0.15) is 27.1 Å². The normalized spacial score (nSPS) is 14.9. The van der Waals surface area contributed by atoms with Gasteiger partial charge in [-0.05, 0) is 53.8 Å². The summed E-state index contributed by atoms with van der Waals surface area (Å²) in [6.45, 7) is 0. The van der Waals surface area contributed by atoms with Crippen LogP contribution in [0.4, 0.5) is 10.5 Å². The Balaban J connectivity index is 1.32. The van der Waals surface area contributed by atoms with E-state index in [0.29, 0.717) is 22.2 Å². The molecule has 0 saturated heterocycles. The molecular weight excluding hydrogens is 406 g/mol. The number of hydrogen-bond acceptors (Lipinski definition) is 5. The molecule has 3 aromatic rings. The van der Waals surface area contributed by atoms with Crippen LogP contribution in [0.25, 0.3) is 10.8 Å². The highest BCUT2D eigenvalue weighted by Crippen LogP contribution is 2.33. The number of ether oxygens (including phenoxy) is 1. The molecule has 156 valence electrons. The van der Waals surface area contributed by atoms with Crippen LogP contribution in [-0.4, -0.2) is 24.1 Å². The van der Waals surface area contributed by atoms with E-state index in [1.54, 1.807) is 42.6 Å². The Hall–Kier alpha value is -4.52. The lowest BCUT2D eigenvalue weighted by Gasteiger charge is -2.27. The SMILES string of the molecule is O=C(N/N=C/C1=CC=CC1)Oc1ccc(N2C(=O)c3cccc4cccc(c34)C2=O)cc1. The highest BCUT2D eigenvalue weighted by molar-refractivity contribution is 6.35. The van der Waals surface area contributed by atoms with Crippen molar-refractivity contribution in [3.63, 3.8) is 0 Å². The van der Waals surface area contributed by atoms with Gasteiger partial charge < -0.3 is 4.74 Å². The van der Waals surface area contributed by atoms with Gasteiger partial charge in [-0.25, -0.2) is 15.1 Å². The largest absolute Gasteiger partial charge is 0.433 e. The molecule has 7 nitrogen and oxygen atoms in total. The fourth-order valence-corrected chi connectivity index (χ4v) is 3.79. The molecular formula is C25H17N3O4. The number of nitrogens with zero attached hydrogens (tertiary/aromatic N) is 2. The summed E-state index contributed by atoms with van der Waals surface area (Å²) in [5.41, 5.74) is 4.60. The molecule has 0 saturated carbocycles. The van der Waals surface area contributed by atoms with Crippen LogP contribution in [0.3, 0.4) is 0 Å². The maximum Gasteiger partial charge on any atom is 0.433 e.